The Morgan fingerprint density at radius 3 is 2.38 bits per heavy atom. The Morgan fingerprint density at radius 2 is 1.90 bits per heavy atom. The molecule has 0 radical (unpaired) electrons. The third-order valence-electron chi connectivity index (χ3n) is 4.89. The summed E-state index contributed by atoms with van der Waals surface area (Å²) >= 11 is 0. The molecule has 2 saturated heterocycles. The molecule has 2 aliphatic heterocycles. The Kier molecular flexibility index (Phi) is 5.08. The maximum Gasteiger partial charge on any atom is 0.320 e. The van der Waals surface area contributed by atoms with E-state index in [0.717, 1.165) is 25.7 Å². The minimum Gasteiger partial charge on any atom is -0.481 e. The number of hydrogen-bond acceptors (Lipinski definition) is 3. The number of carboxylic acids is 1. The second-order valence-electron chi connectivity index (χ2n) is 6.43. The van der Waals surface area contributed by atoms with Gasteiger partial charge in [0.15, 0.2) is 0 Å². The molecule has 2 bridgehead atoms. The van der Waals surface area contributed by atoms with Gasteiger partial charge in [-0.1, -0.05) is 0 Å². The molecule has 0 aromatic carbocycles. The van der Waals surface area contributed by atoms with Gasteiger partial charge in [0.2, 0.25) is 0 Å². The van der Waals surface area contributed by atoms with Gasteiger partial charge in [0.25, 0.3) is 0 Å². The normalized spacial score (nSPS) is 29.3. The molecule has 0 saturated carbocycles. The number of aliphatic carboxylic acids is 1. The van der Waals surface area contributed by atoms with E-state index in [1.807, 2.05) is 18.9 Å². The summed E-state index contributed by atoms with van der Waals surface area (Å²) in [6.45, 7) is 2.49. The maximum absolute atomic E-state index is 12.7. The van der Waals surface area contributed by atoms with Gasteiger partial charge in [0, 0.05) is 32.7 Å². The van der Waals surface area contributed by atoms with Crippen molar-refractivity contribution in [1.82, 2.24) is 9.80 Å². The van der Waals surface area contributed by atoms with E-state index in [9.17, 15) is 9.59 Å². The molecule has 6 heteroatoms. The minimum atomic E-state index is -0.731. The van der Waals surface area contributed by atoms with E-state index in [2.05, 4.69) is 0 Å². The highest BCUT2D eigenvalue weighted by Crippen LogP contribution is 2.40. The summed E-state index contributed by atoms with van der Waals surface area (Å²) in [7, 11) is 3.45. The van der Waals surface area contributed by atoms with Gasteiger partial charge in [-0.15, -0.1) is 0 Å². The molecule has 21 heavy (non-hydrogen) atoms. The zero-order chi connectivity index (χ0) is 15.6. The van der Waals surface area contributed by atoms with Gasteiger partial charge in [-0.3, -0.25) is 4.79 Å². The van der Waals surface area contributed by atoms with Crippen molar-refractivity contribution in [2.24, 2.45) is 5.92 Å². The quantitative estimate of drug-likeness (QED) is 0.840. The van der Waals surface area contributed by atoms with Crippen LogP contribution in [0.25, 0.3) is 0 Å². The first-order valence-corrected chi connectivity index (χ1v) is 7.69. The monoisotopic (exact) mass is 298 g/mol. The number of hydrogen-bond donors (Lipinski definition) is 1. The lowest BCUT2D eigenvalue weighted by Crippen LogP contribution is -2.53. The van der Waals surface area contributed by atoms with Crippen molar-refractivity contribution in [2.75, 3.05) is 20.8 Å². The number of nitrogens with zero attached hydrogens (tertiary/aromatic N) is 2. The lowest BCUT2D eigenvalue weighted by atomic mass is 9.88. The fourth-order valence-corrected chi connectivity index (χ4v) is 3.74. The van der Waals surface area contributed by atoms with Crippen LogP contribution in [0.5, 0.6) is 0 Å². The summed E-state index contributed by atoms with van der Waals surface area (Å²) in [6, 6.07) is 0.509. The summed E-state index contributed by atoms with van der Waals surface area (Å²) in [5, 5.41) is 8.95. The average molecular weight is 298 g/mol. The predicted octanol–water partition coefficient (Wildman–Crippen LogP) is 1.79. The summed E-state index contributed by atoms with van der Waals surface area (Å²) in [6.07, 6.45) is 3.87. The summed E-state index contributed by atoms with van der Waals surface area (Å²) in [5.41, 5.74) is 0. The topological polar surface area (TPSA) is 70.1 Å². The number of piperidine rings is 1. The highest BCUT2D eigenvalue weighted by Gasteiger charge is 2.44. The van der Waals surface area contributed by atoms with Crippen molar-refractivity contribution < 1.29 is 19.4 Å². The van der Waals surface area contributed by atoms with Gasteiger partial charge in [-0.2, -0.15) is 0 Å². The number of fused-ring (bicyclic) bond motifs is 2. The Morgan fingerprint density at radius 1 is 1.33 bits per heavy atom. The van der Waals surface area contributed by atoms with Gasteiger partial charge in [0.1, 0.15) is 0 Å². The number of rotatable bonds is 5. The summed E-state index contributed by atoms with van der Waals surface area (Å²) in [5.74, 6) is -0.518. The van der Waals surface area contributed by atoms with E-state index >= 15 is 0 Å². The van der Waals surface area contributed by atoms with Crippen LogP contribution in [0.1, 0.15) is 39.0 Å². The van der Waals surface area contributed by atoms with Crippen LogP contribution in [0.3, 0.4) is 0 Å². The van der Waals surface area contributed by atoms with E-state index in [4.69, 9.17) is 9.84 Å². The molecule has 1 N–H and O–H groups in total. The van der Waals surface area contributed by atoms with E-state index < -0.39 is 5.97 Å². The number of amides is 2. The molecule has 2 heterocycles. The van der Waals surface area contributed by atoms with Crippen molar-refractivity contribution in [3.05, 3.63) is 0 Å². The molecule has 6 nitrogen and oxygen atoms in total. The Bertz CT molecular complexity index is 387. The van der Waals surface area contributed by atoms with Gasteiger partial charge >= 0.3 is 12.0 Å². The number of methoxy groups -OCH3 is 1. The standard InChI is InChI=1S/C15H26N2O4/c1-10(9-21-3)16(2)15(20)17-12-4-5-13(17)7-11(6-12)8-14(18)19/h10-13H,4-9H2,1-3H3,(H,18,19). The fraction of sp³-hybridized carbons (Fsp3) is 0.867. The van der Waals surface area contributed by atoms with Crippen LogP contribution in [-0.4, -0.2) is 65.8 Å². The average Bonchev–Trinajstić information content (AvgIpc) is 2.68. The van der Waals surface area contributed by atoms with Crippen LogP contribution >= 0.6 is 0 Å². The van der Waals surface area contributed by atoms with Crippen molar-refractivity contribution in [3.63, 3.8) is 0 Å². The molecule has 2 aliphatic rings. The molecule has 0 aromatic heterocycles. The van der Waals surface area contributed by atoms with E-state index in [0.29, 0.717) is 6.61 Å². The zero-order valence-corrected chi connectivity index (χ0v) is 13.1. The van der Waals surface area contributed by atoms with Gasteiger partial charge in [0.05, 0.1) is 12.6 Å². The smallest absolute Gasteiger partial charge is 0.320 e. The predicted molar refractivity (Wildman–Crippen MR) is 78.1 cm³/mol. The van der Waals surface area contributed by atoms with Crippen LogP contribution in [0, 0.1) is 5.92 Å². The van der Waals surface area contributed by atoms with Gasteiger partial charge in [-0.05, 0) is 38.5 Å². The first-order chi connectivity index (χ1) is 9.93. The van der Waals surface area contributed by atoms with E-state index in [1.165, 1.54) is 0 Å². The SMILES string of the molecule is COCC(C)N(C)C(=O)N1C2CCC1CC(CC(=O)O)C2. The van der Waals surface area contributed by atoms with Crippen LogP contribution in [0.4, 0.5) is 4.79 Å². The second-order valence-corrected chi connectivity index (χ2v) is 6.43. The van der Waals surface area contributed by atoms with Crippen molar-refractivity contribution in [1.29, 1.82) is 0 Å². The lowest BCUT2D eigenvalue weighted by Gasteiger charge is -2.41. The molecular formula is C15H26N2O4. The van der Waals surface area contributed by atoms with Crippen LogP contribution in [0.15, 0.2) is 0 Å². The van der Waals surface area contributed by atoms with Crippen LogP contribution in [0.2, 0.25) is 0 Å². The molecule has 2 rings (SSSR count). The third-order valence-corrected chi connectivity index (χ3v) is 4.89. The number of carbonyl (C=O) groups excluding carboxylic acids is 1. The summed E-state index contributed by atoms with van der Waals surface area (Å²) < 4.78 is 5.11. The first kappa shape index (κ1) is 16.1. The van der Waals surface area contributed by atoms with E-state index in [-0.39, 0.29) is 36.5 Å². The molecule has 3 unspecified atom stereocenters. The number of carbonyl (C=O) groups is 2. The number of likely N-dealkylation sites (N-methyl/N-ethyl adjacent to an activating group) is 1. The van der Waals surface area contributed by atoms with Crippen molar-refractivity contribution >= 4 is 12.0 Å². The molecule has 0 aliphatic carbocycles. The number of carboxylic acid groups (broad SMARTS) is 1. The molecule has 2 amide bonds. The van der Waals surface area contributed by atoms with Crippen LogP contribution in [-0.2, 0) is 9.53 Å². The maximum atomic E-state index is 12.7. The van der Waals surface area contributed by atoms with E-state index in [1.54, 1.807) is 12.0 Å². The van der Waals surface area contributed by atoms with Crippen LogP contribution < -0.4 is 0 Å². The van der Waals surface area contributed by atoms with Crippen molar-refractivity contribution in [2.45, 2.75) is 57.2 Å². The highest BCUT2D eigenvalue weighted by atomic mass is 16.5. The number of urea groups is 1. The lowest BCUT2D eigenvalue weighted by molar-refractivity contribution is -0.138. The molecule has 120 valence electrons. The number of ether oxygens (including phenoxy) is 1. The van der Waals surface area contributed by atoms with Crippen molar-refractivity contribution in [3.8, 4) is 0 Å². The second kappa shape index (κ2) is 6.64. The van der Waals surface area contributed by atoms with Gasteiger partial charge < -0.3 is 19.6 Å². The Balaban J connectivity index is 1.99. The third kappa shape index (κ3) is 3.48. The molecular weight excluding hydrogens is 272 g/mol. The highest BCUT2D eigenvalue weighted by molar-refractivity contribution is 5.76. The van der Waals surface area contributed by atoms with Gasteiger partial charge in [-0.25, -0.2) is 4.79 Å². The molecule has 0 spiro atoms. The molecule has 2 fully saturated rings. The molecule has 3 atom stereocenters. The first-order valence-electron chi connectivity index (χ1n) is 7.69. The zero-order valence-electron chi connectivity index (χ0n) is 13.1. The Labute approximate surface area is 126 Å². The summed E-state index contributed by atoms with van der Waals surface area (Å²) in [4.78, 5) is 27.3. The minimum absolute atomic E-state index is 0.0404. The molecule has 0 aromatic rings. The fourth-order valence-electron chi connectivity index (χ4n) is 3.74. The Hall–Kier alpha value is -1.30. The largest absolute Gasteiger partial charge is 0.481 e.